The van der Waals surface area contributed by atoms with Crippen molar-refractivity contribution in [2.45, 2.75) is 27.2 Å². The second-order valence-corrected chi connectivity index (χ2v) is 5.95. The maximum atomic E-state index is 5.36. The molecule has 1 rings (SSSR count). The van der Waals surface area contributed by atoms with Crippen molar-refractivity contribution in [3.05, 3.63) is 23.8 Å². The molecule has 1 aromatic rings. The predicted octanol–water partition coefficient (Wildman–Crippen LogP) is 2.80. The maximum absolute atomic E-state index is 5.36. The van der Waals surface area contributed by atoms with E-state index in [1.807, 2.05) is 12.1 Å². The lowest BCUT2D eigenvalue weighted by Gasteiger charge is -2.22. The van der Waals surface area contributed by atoms with Gasteiger partial charge in [-0.05, 0) is 37.0 Å². The topological polar surface area (TPSA) is 46.1 Å². The monoisotopic (exact) mass is 321 g/mol. The number of aliphatic imine (C=N–C) groups is 1. The van der Waals surface area contributed by atoms with Crippen molar-refractivity contribution in [3.8, 4) is 11.5 Å². The van der Waals surface area contributed by atoms with Crippen LogP contribution in [0.5, 0.6) is 11.5 Å². The van der Waals surface area contributed by atoms with E-state index >= 15 is 0 Å². The average Bonchev–Trinajstić information content (AvgIpc) is 2.55. The lowest BCUT2D eigenvalue weighted by molar-refractivity contribution is 0.354. The fourth-order valence-electron chi connectivity index (χ4n) is 2.18. The largest absolute Gasteiger partial charge is 0.493 e. The van der Waals surface area contributed by atoms with Crippen molar-refractivity contribution in [1.29, 1.82) is 0 Å². The molecule has 0 saturated heterocycles. The fraction of sp³-hybridized carbons (Fsp3) is 0.611. The van der Waals surface area contributed by atoms with Crippen LogP contribution in [0.3, 0.4) is 0 Å². The van der Waals surface area contributed by atoms with Crippen molar-refractivity contribution in [3.63, 3.8) is 0 Å². The Morgan fingerprint density at radius 3 is 2.48 bits per heavy atom. The molecular weight excluding hydrogens is 290 g/mol. The van der Waals surface area contributed by atoms with Crippen LogP contribution in [0.2, 0.25) is 0 Å². The third-order valence-electron chi connectivity index (χ3n) is 3.49. The first kappa shape index (κ1) is 19.1. The van der Waals surface area contributed by atoms with E-state index in [0.29, 0.717) is 5.92 Å². The van der Waals surface area contributed by atoms with Crippen molar-refractivity contribution in [2.75, 3.05) is 40.9 Å². The Labute approximate surface area is 140 Å². The summed E-state index contributed by atoms with van der Waals surface area (Å²) in [6.45, 7) is 9.04. The summed E-state index contributed by atoms with van der Waals surface area (Å²) in [4.78, 5) is 6.84. The SMILES string of the molecule is CCNC(=NCC(C)C)N(C)CCc1ccc(OC)c(OC)c1. The molecule has 0 atom stereocenters. The van der Waals surface area contributed by atoms with Gasteiger partial charge in [0.25, 0.3) is 0 Å². The molecule has 0 aliphatic rings. The Hall–Kier alpha value is -1.91. The third kappa shape index (κ3) is 6.38. The molecule has 0 aliphatic heterocycles. The predicted molar refractivity (Wildman–Crippen MR) is 96.7 cm³/mol. The maximum Gasteiger partial charge on any atom is 0.193 e. The van der Waals surface area contributed by atoms with Gasteiger partial charge in [0, 0.05) is 26.7 Å². The summed E-state index contributed by atoms with van der Waals surface area (Å²) >= 11 is 0. The van der Waals surface area contributed by atoms with Crippen molar-refractivity contribution < 1.29 is 9.47 Å². The standard InChI is InChI=1S/C18H31N3O2/c1-7-19-18(20-13-14(2)3)21(4)11-10-15-8-9-16(22-5)17(12-15)23-6/h8-9,12,14H,7,10-11,13H2,1-6H3,(H,19,20). The van der Waals surface area contributed by atoms with Gasteiger partial charge < -0.3 is 19.7 Å². The molecule has 0 heterocycles. The number of ether oxygens (including phenoxy) is 2. The van der Waals surface area contributed by atoms with Crippen LogP contribution in [-0.4, -0.2) is 51.8 Å². The highest BCUT2D eigenvalue weighted by atomic mass is 16.5. The van der Waals surface area contributed by atoms with Crippen LogP contribution in [-0.2, 0) is 6.42 Å². The van der Waals surface area contributed by atoms with Gasteiger partial charge in [-0.2, -0.15) is 0 Å². The van der Waals surface area contributed by atoms with E-state index < -0.39 is 0 Å². The van der Waals surface area contributed by atoms with Crippen LogP contribution in [0.15, 0.2) is 23.2 Å². The minimum atomic E-state index is 0.558. The van der Waals surface area contributed by atoms with Crippen molar-refractivity contribution >= 4 is 5.96 Å². The van der Waals surface area contributed by atoms with E-state index in [1.165, 1.54) is 5.56 Å². The Morgan fingerprint density at radius 1 is 1.22 bits per heavy atom. The first-order valence-corrected chi connectivity index (χ1v) is 8.22. The lowest BCUT2D eigenvalue weighted by atomic mass is 10.1. The minimum absolute atomic E-state index is 0.558. The Kier molecular flexibility index (Phi) is 8.30. The first-order valence-electron chi connectivity index (χ1n) is 8.22. The summed E-state index contributed by atoms with van der Waals surface area (Å²) < 4.78 is 10.6. The highest BCUT2D eigenvalue weighted by molar-refractivity contribution is 5.79. The number of hydrogen-bond donors (Lipinski definition) is 1. The van der Waals surface area contributed by atoms with Crippen LogP contribution in [0.4, 0.5) is 0 Å². The minimum Gasteiger partial charge on any atom is -0.493 e. The number of benzene rings is 1. The van der Waals surface area contributed by atoms with Crippen LogP contribution in [0.25, 0.3) is 0 Å². The highest BCUT2D eigenvalue weighted by Gasteiger charge is 2.08. The highest BCUT2D eigenvalue weighted by Crippen LogP contribution is 2.27. The normalized spacial score (nSPS) is 11.5. The molecule has 1 N–H and O–H groups in total. The molecule has 23 heavy (non-hydrogen) atoms. The van der Waals surface area contributed by atoms with Crippen LogP contribution in [0, 0.1) is 5.92 Å². The molecular formula is C18H31N3O2. The number of nitrogens with one attached hydrogen (secondary N) is 1. The average molecular weight is 321 g/mol. The zero-order valence-electron chi connectivity index (χ0n) is 15.3. The Balaban J connectivity index is 2.69. The number of nitrogens with zero attached hydrogens (tertiary/aromatic N) is 2. The van der Waals surface area contributed by atoms with Crippen molar-refractivity contribution in [1.82, 2.24) is 10.2 Å². The summed E-state index contributed by atoms with van der Waals surface area (Å²) in [5, 5.41) is 3.35. The fourth-order valence-corrected chi connectivity index (χ4v) is 2.18. The zero-order chi connectivity index (χ0) is 17.2. The molecule has 0 aliphatic carbocycles. The molecule has 0 unspecified atom stereocenters. The molecule has 130 valence electrons. The van der Waals surface area contributed by atoms with Gasteiger partial charge in [-0.25, -0.2) is 0 Å². The molecule has 5 nitrogen and oxygen atoms in total. The van der Waals surface area contributed by atoms with Gasteiger partial charge in [-0.1, -0.05) is 19.9 Å². The van der Waals surface area contributed by atoms with Gasteiger partial charge in [0.1, 0.15) is 0 Å². The van der Waals surface area contributed by atoms with E-state index in [0.717, 1.165) is 43.5 Å². The first-order chi connectivity index (χ1) is 11.0. The smallest absolute Gasteiger partial charge is 0.193 e. The molecule has 0 fully saturated rings. The summed E-state index contributed by atoms with van der Waals surface area (Å²) in [6.07, 6.45) is 0.920. The van der Waals surface area contributed by atoms with Gasteiger partial charge in [-0.3, -0.25) is 4.99 Å². The molecule has 0 aromatic heterocycles. The van der Waals surface area contributed by atoms with Crippen LogP contribution in [0.1, 0.15) is 26.3 Å². The summed E-state index contributed by atoms with van der Waals surface area (Å²) in [5.41, 5.74) is 1.22. The van der Waals surface area contributed by atoms with Crippen LogP contribution >= 0.6 is 0 Å². The lowest BCUT2D eigenvalue weighted by Crippen LogP contribution is -2.40. The number of likely N-dealkylation sites (N-methyl/N-ethyl adjacent to an activating group) is 1. The van der Waals surface area contributed by atoms with Gasteiger partial charge in [-0.15, -0.1) is 0 Å². The van der Waals surface area contributed by atoms with Gasteiger partial charge >= 0.3 is 0 Å². The van der Waals surface area contributed by atoms with E-state index in [-0.39, 0.29) is 0 Å². The molecule has 0 spiro atoms. The van der Waals surface area contributed by atoms with E-state index in [9.17, 15) is 0 Å². The molecule has 1 aromatic carbocycles. The summed E-state index contributed by atoms with van der Waals surface area (Å²) in [6, 6.07) is 6.06. The summed E-state index contributed by atoms with van der Waals surface area (Å²) in [7, 11) is 5.39. The number of hydrogen-bond acceptors (Lipinski definition) is 3. The van der Waals surface area contributed by atoms with E-state index in [1.54, 1.807) is 14.2 Å². The Morgan fingerprint density at radius 2 is 1.91 bits per heavy atom. The second-order valence-electron chi connectivity index (χ2n) is 5.95. The quantitative estimate of drug-likeness (QED) is 0.591. The molecule has 0 amide bonds. The Bertz CT molecular complexity index is 501. The summed E-state index contributed by atoms with van der Waals surface area (Å²) in [5.74, 6) is 3.05. The van der Waals surface area contributed by atoms with E-state index in [2.05, 4.69) is 49.1 Å². The number of guanidine groups is 1. The van der Waals surface area contributed by atoms with Gasteiger partial charge in [0.05, 0.1) is 14.2 Å². The number of methoxy groups -OCH3 is 2. The zero-order valence-corrected chi connectivity index (χ0v) is 15.3. The van der Waals surface area contributed by atoms with Gasteiger partial charge in [0.15, 0.2) is 17.5 Å². The third-order valence-corrected chi connectivity index (χ3v) is 3.49. The molecule has 5 heteroatoms. The van der Waals surface area contributed by atoms with Crippen LogP contribution < -0.4 is 14.8 Å². The van der Waals surface area contributed by atoms with E-state index in [4.69, 9.17) is 9.47 Å². The van der Waals surface area contributed by atoms with Crippen molar-refractivity contribution in [2.24, 2.45) is 10.9 Å². The van der Waals surface area contributed by atoms with Gasteiger partial charge in [0.2, 0.25) is 0 Å². The number of rotatable bonds is 8. The second kappa shape index (κ2) is 9.98. The molecule has 0 bridgehead atoms. The molecule has 0 saturated carbocycles. The molecule has 0 radical (unpaired) electrons.